The summed E-state index contributed by atoms with van der Waals surface area (Å²) in [7, 11) is -3.47. The van der Waals surface area contributed by atoms with Gasteiger partial charge >= 0.3 is 0 Å². The minimum atomic E-state index is -3.47. The molecule has 1 aliphatic rings. The molecule has 0 aliphatic heterocycles. The Morgan fingerprint density at radius 2 is 1.96 bits per heavy atom. The first-order valence-electron chi connectivity index (χ1n) is 9.32. The molecule has 3 rings (SSSR count). The number of nitrogens with zero attached hydrogens (tertiary/aromatic N) is 2. The summed E-state index contributed by atoms with van der Waals surface area (Å²) in [6.45, 7) is 4.32. The van der Waals surface area contributed by atoms with Crippen LogP contribution in [0.2, 0.25) is 0 Å². The van der Waals surface area contributed by atoms with Crippen LogP contribution in [0, 0.1) is 6.92 Å². The maximum Gasteiger partial charge on any atom is 0.235 e. The number of hydrogen-bond donors (Lipinski definition) is 2. The van der Waals surface area contributed by atoms with E-state index in [1.165, 1.54) is 0 Å². The van der Waals surface area contributed by atoms with Crippen molar-refractivity contribution in [3.63, 3.8) is 0 Å². The van der Waals surface area contributed by atoms with Crippen molar-refractivity contribution in [3.8, 4) is 5.75 Å². The maximum atomic E-state index is 12.9. The highest BCUT2D eigenvalue weighted by atomic mass is 32.2. The van der Waals surface area contributed by atoms with Crippen molar-refractivity contribution in [2.45, 2.75) is 51.2 Å². The van der Waals surface area contributed by atoms with Gasteiger partial charge in [0.1, 0.15) is 5.75 Å². The Bertz CT molecular complexity index is 866. The molecule has 2 aromatic rings. The smallest absolute Gasteiger partial charge is 0.235 e. The number of rotatable bonds is 7. The van der Waals surface area contributed by atoms with Crippen LogP contribution < -0.4 is 14.8 Å². The molecular weight excluding hydrogens is 364 g/mol. The molecule has 0 atom stereocenters. The number of benzene rings is 1. The number of anilines is 3. The molecule has 2 N–H and O–H groups in total. The third-order valence-electron chi connectivity index (χ3n) is 4.72. The van der Waals surface area contributed by atoms with Crippen LogP contribution in [-0.2, 0) is 10.0 Å². The van der Waals surface area contributed by atoms with Crippen LogP contribution in [0.3, 0.4) is 0 Å². The Hall–Kier alpha value is -2.35. The molecule has 27 heavy (non-hydrogen) atoms. The molecular formula is C19H26N4O3S. The maximum absolute atomic E-state index is 12.9. The largest absolute Gasteiger partial charge is 0.494 e. The Labute approximate surface area is 160 Å². The topological polar surface area (TPSA) is 93.2 Å². The van der Waals surface area contributed by atoms with Gasteiger partial charge in [0.25, 0.3) is 0 Å². The van der Waals surface area contributed by atoms with E-state index in [0.717, 1.165) is 30.5 Å². The van der Waals surface area contributed by atoms with Gasteiger partial charge in [-0.1, -0.05) is 19.3 Å². The van der Waals surface area contributed by atoms with E-state index in [1.807, 2.05) is 19.9 Å². The Kier molecular flexibility index (Phi) is 6.15. The lowest BCUT2D eigenvalue weighted by atomic mass is 10.0. The second-order valence-corrected chi connectivity index (χ2v) is 8.72. The minimum absolute atomic E-state index is 0.349. The molecule has 1 heterocycles. The molecule has 1 fully saturated rings. The Balaban J connectivity index is 1.95. The van der Waals surface area contributed by atoms with E-state index in [0.29, 0.717) is 36.6 Å². The molecule has 1 saturated carbocycles. The first-order chi connectivity index (χ1) is 13.0. The van der Waals surface area contributed by atoms with Crippen LogP contribution in [0.1, 0.15) is 44.6 Å². The van der Waals surface area contributed by atoms with Gasteiger partial charge in [-0.25, -0.2) is 8.42 Å². The van der Waals surface area contributed by atoms with Crippen molar-refractivity contribution in [3.05, 3.63) is 36.2 Å². The summed E-state index contributed by atoms with van der Waals surface area (Å²) in [5, 5.41) is 10.5. The summed E-state index contributed by atoms with van der Waals surface area (Å²) >= 11 is 0. The summed E-state index contributed by atoms with van der Waals surface area (Å²) in [5.74, 6) is 0.634. The molecule has 7 nitrogen and oxygen atoms in total. The molecule has 8 heteroatoms. The zero-order chi connectivity index (χ0) is 19.3. The number of aromatic nitrogens is 2. The van der Waals surface area contributed by atoms with Gasteiger partial charge in [-0.05, 0) is 44.4 Å². The number of ether oxygens (including phenoxy) is 1. The van der Waals surface area contributed by atoms with Gasteiger partial charge in [0.05, 0.1) is 41.3 Å². The molecule has 0 saturated heterocycles. The summed E-state index contributed by atoms with van der Waals surface area (Å²) in [6, 6.07) is 5.40. The van der Waals surface area contributed by atoms with Crippen molar-refractivity contribution in [1.82, 2.24) is 10.2 Å². The monoisotopic (exact) mass is 390 g/mol. The lowest BCUT2D eigenvalue weighted by molar-refractivity contribution is 0.340. The fraction of sp³-hybridized carbons (Fsp3) is 0.474. The van der Waals surface area contributed by atoms with Crippen molar-refractivity contribution in [2.24, 2.45) is 0 Å². The Morgan fingerprint density at radius 1 is 1.19 bits per heavy atom. The second-order valence-electron chi connectivity index (χ2n) is 6.76. The first kappa shape index (κ1) is 19.4. The molecule has 0 unspecified atom stereocenters. The van der Waals surface area contributed by atoms with Gasteiger partial charge in [0, 0.05) is 6.07 Å². The first-order valence-corrected chi connectivity index (χ1v) is 10.9. The van der Waals surface area contributed by atoms with E-state index in [2.05, 4.69) is 20.2 Å². The fourth-order valence-electron chi connectivity index (χ4n) is 3.37. The van der Waals surface area contributed by atoms with E-state index in [9.17, 15) is 8.42 Å². The highest BCUT2D eigenvalue weighted by Crippen LogP contribution is 2.35. The van der Waals surface area contributed by atoms with Crippen molar-refractivity contribution < 1.29 is 13.2 Å². The lowest BCUT2D eigenvalue weighted by Gasteiger charge is -2.24. The van der Waals surface area contributed by atoms with Gasteiger partial charge in [-0.2, -0.15) is 10.2 Å². The van der Waals surface area contributed by atoms with Crippen LogP contribution in [0.15, 0.2) is 30.6 Å². The highest BCUT2D eigenvalue weighted by Gasteiger charge is 2.28. The second kappa shape index (κ2) is 8.56. The van der Waals surface area contributed by atoms with Crippen molar-refractivity contribution in [2.75, 3.05) is 16.6 Å². The van der Waals surface area contributed by atoms with Crippen LogP contribution in [0.4, 0.5) is 17.1 Å². The number of aryl methyl sites for hydroxylation is 1. The molecule has 1 aromatic heterocycles. The standard InChI is InChI=1S/C19H26N4O3S/c1-3-26-16-11-14(2)19(22-15-9-10-20-21-13-15)18(12-16)23-27(24,25)17-7-5-4-6-8-17/h9-13,17,23H,3-8H2,1-2H3,(H,20,22). The van der Waals surface area contributed by atoms with E-state index in [1.54, 1.807) is 24.5 Å². The summed E-state index contributed by atoms with van der Waals surface area (Å²) < 4.78 is 34.3. The van der Waals surface area contributed by atoms with Gasteiger partial charge in [-0.3, -0.25) is 4.72 Å². The van der Waals surface area contributed by atoms with E-state index < -0.39 is 10.0 Å². The number of hydrogen-bond acceptors (Lipinski definition) is 6. The average molecular weight is 391 g/mol. The number of sulfonamides is 1. The molecule has 0 radical (unpaired) electrons. The third kappa shape index (κ3) is 4.88. The molecule has 0 bridgehead atoms. The van der Waals surface area contributed by atoms with Crippen LogP contribution in [0.25, 0.3) is 0 Å². The Morgan fingerprint density at radius 3 is 2.63 bits per heavy atom. The van der Waals surface area contributed by atoms with Crippen molar-refractivity contribution >= 4 is 27.1 Å². The normalized spacial score (nSPS) is 15.3. The summed E-state index contributed by atoms with van der Waals surface area (Å²) in [6.07, 6.45) is 7.60. The quantitative estimate of drug-likeness (QED) is 0.742. The molecule has 1 aliphatic carbocycles. The summed E-state index contributed by atoms with van der Waals surface area (Å²) in [5.41, 5.74) is 2.78. The molecule has 0 amide bonds. The predicted octanol–water partition coefficient (Wildman–Crippen LogP) is 4.00. The molecule has 1 aromatic carbocycles. The van der Waals surface area contributed by atoms with Gasteiger partial charge in [-0.15, -0.1) is 0 Å². The average Bonchev–Trinajstić information content (AvgIpc) is 2.66. The predicted molar refractivity (Wildman–Crippen MR) is 107 cm³/mol. The molecule has 0 spiro atoms. The van der Waals surface area contributed by atoms with Gasteiger partial charge in [0.15, 0.2) is 0 Å². The summed E-state index contributed by atoms with van der Waals surface area (Å²) in [4.78, 5) is 0. The number of nitrogens with one attached hydrogen (secondary N) is 2. The minimum Gasteiger partial charge on any atom is -0.494 e. The van der Waals surface area contributed by atoms with E-state index in [4.69, 9.17) is 4.74 Å². The van der Waals surface area contributed by atoms with Crippen molar-refractivity contribution in [1.29, 1.82) is 0 Å². The van der Waals surface area contributed by atoms with Gasteiger partial charge in [0.2, 0.25) is 10.0 Å². The van der Waals surface area contributed by atoms with Crippen LogP contribution in [-0.4, -0.2) is 30.5 Å². The van der Waals surface area contributed by atoms with Crippen LogP contribution >= 0.6 is 0 Å². The van der Waals surface area contributed by atoms with E-state index in [-0.39, 0.29) is 5.25 Å². The third-order valence-corrected chi connectivity index (χ3v) is 6.57. The fourth-order valence-corrected chi connectivity index (χ4v) is 4.96. The zero-order valence-electron chi connectivity index (χ0n) is 15.7. The van der Waals surface area contributed by atoms with Gasteiger partial charge < -0.3 is 10.1 Å². The highest BCUT2D eigenvalue weighted by molar-refractivity contribution is 7.93. The lowest BCUT2D eigenvalue weighted by Crippen LogP contribution is -2.30. The van der Waals surface area contributed by atoms with E-state index >= 15 is 0 Å². The zero-order valence-corrected chi connectivity index (χ0v) is 16.6. The SMILES string of the molecule is CCOc1cc(C)c(Nc2ccnnc2)c(NS(=O)(=O)C2CCCCC2)c1. The molecule has 146 valence electrons. The van der Waals surface area contributed by atoms with Crippen LogP contribution in [0.5, 0.6) is 5.75 Å².